The molecule has 0 radical (unpaired) electrons. The van der Waals surface area contributed by atoms with E-state index in [0.29, 0.717) is 0 Å². The molecule has 0 spiro atoms. The van der Waals surface area contributed by atoms with E-state index in [1.54, 1.807) is 15.6 Å². The van der Waals surface area contributed by atoms with E-state index in [0.717, 1.165) is 38.5 Å². The van der Waals surface area contributed by atoms with Crippen molar-refractivity contribution in [3.05, 3.63) is 129 Å². The van der Waals surface area contributed by atoms with Crippen LogP contribution in [0, 0.1) is 0 Å². The van der Waals surface area contributed by atoms with Crippen LogP contribution in [-0.2, 0) is 62.3 Å². The summed E-state index contributed by atoms with van der Waals surface area (Å²) in [5.74, 6) is 0. The predicted molar refractivity (Wildman–Crippen MR) is 177 cm³/mol. The van der Waals surface area contributed by atoms with Crippen LogP contribution >= 0.6 is 0 Å². The zero-order valence-corrected chi connectivity index (χ0v) is 31.9. The van der Waals surface area contributed by atoms with E-state index in [1.165, 1.54) is 44.5 Å². The molecule has 1 aliphatic rings. The Kier molecular flexibility index (Phi) is 14.3. The summed E-state index contributed by atoms with van der Waals surface area (Å²) in [4.78, 5) is 0. The fourth-order valence-corrected chi connectivity index (χ4v) is 15.2. The summed E-state index contributed by atoms with van der Waals surface area (Å²) in [5.41, 5.74) is 11.6. The minimum absolute atomic E-state index is 0. The van der Waals surface area contributed by atoms with E-state index in [9.17, 15) is 0 Å². The zero-order valence-electron chi connectivity index (χ0n) is 27.0. The minimum Gasteiger partial charge on any atom is -1.00 e. The van der Waals surface area contributed by atoms with Gasteiger partial charge in [-0.25, -0.2) is 0 Å². The van der Waals surface area contributed by atoms with Gasteiger partial charge < -0.3 is 37.2 Å². The molecule has 0 nitrogen and oxygen atoms in total. The third kappa shape index (κ3) is 6.76. The van der Waals surface area contributed by atoms with Crippen molar-refractivity contribution in [3.63, 3.8) is 0 Å². The fourth-order valence-electron chi connectivity index (χ4n) is 6.98. The molecule has 1 unspecified atom stereocenters. The molecule has 0 fully saturated rings. The van der Waals surface area contributed by atoms with Crippen LogP contribution in [-0.4, -0.2) is 8.07 Å². The van der Waals surface area contributed by atoms with Gasteiger partial charge in [0.1, 0.15) is 0 Å². The van der Waals surface area contributed by atoms with Crippen molar-refractivity contribution in [3.8, 4) is 0 Å². The number of aryl methyl sites for hydroxylation is 6. The molecule has 5 rings (SSSR count). The van der Waals surface area contributed by atoms with Crippen LogP contribution in [0.3, 0.4) is 0 Å². The molecule has 4 aromatic carbocycles. The molecule has 0 aromatic heterocycles. The fraction of sp³-hybridized carbons (Fsp3) is 0.333. The molecule has 0 N–H and O–H groups in total. The molecule has 0 bridgehead atoms. The number of allylic oxidation sites excluding steroid dienone is 1. The normalized spacial score (nSPS) is 15.2. The van der Waals surface area contributed by atoms with Gasteiger partial charge in [0, 0.05) is 0 Å². The van der Waals surface area contributed by atoms with Crippen molar-refractivity contribution >= 4 is 29.7 Å². The van der Waals surface area contributed by atoms with E-state index in [-0.39, 0.29) is 40.6 Å². The van der Waals surface area contributed by atoms with Gasteiger partial charge in [-0.05, 0) is 0 Å². The quantitative estimate of drug-likeness (QED) is 0.141. The van der Waals surface area contributed by atoms with Crippen molar-refractivity contribution in [2.24, 2.45) is 0 Å². The first-order valence-corrected chi connectivity index (χ1v) is 18.6. The summed E-state index contributed by atoms with van der Waals surface area (Å²) in [5, 5.41) is 4.68. The van der Waals surface area contributed by atoms with Crippen molar-refractivity contribution in [1.29, 1.82) is 0 Å². The molecule has 1 aliphatic carbocycles. The second kappa shape index (κ2) is 16.3. The van der Waals surface area contributed by atoms with Crippen molar-refractivity contribution in [2.75, 3.05) is 0 Å². The second-order valence-corrected chi connectivity index (χ2v) is 17.7. The molecule has 0 amide bonds. The minimum atomic E-state index is -2.74. The Balaban J connectivity index is 0.00000225. The van der Waals surface area contributed by atoms with Gasteiger partial charge in [-0.2, -0.15) is 0 Å². The molecule has 0 heterocycles. The number of hydrogen-bond acceptors (Lipinski definition) is 0. The van der Waals surface area contributed by atoms with E-state index in [4.69, 9.17) is 0 Å². The first kappa shape index (κ1) is 38.6. The monoisotopic (exact) mass is 694 g/mol. The third-order valence-corrected chi connectivity index (χ3v) is 16.9. The Labute approximate surface area is 298 Å². The largest absolute Gasteiger partial charge is 1.00 e. The summed E-state index contributed by atoms with van der Waals surface area (Å²) in [7, 11) is -2.74. The van der Waals surface area contributed by atoms with Crippen LogP contribution in [0.25, 0.3) is 6.08 Å². The van der Waals surface area contributed by atoms with Crippen molar-refractivity contribution < 1.29 is 57.7 Å². The summed E-state index contributed by atoms with van der Waals surface area (Å²) in [6.07, 6.45) is 11.3. The van der Waals surface area contributed by atoms with Gasteiger partial charge in [-0.15, -0.1) is 0 Å². The first-order valence-electron chi connectivity index (χ1n) is 15.8. The third-order valence-electron chi connectivity index (χ3n) is 9.40. The van der Waals surface area contributed by atoms with Gasteiger partial charge >= 0.3 is 263 Å². The van der Waals surface area contributed by atoms with E-state index >= 15 is 0 Å². The van der Waals surface area contributed by atoms with Crippen LogP contribution in [0.5, 0.6) is 0 Å². The SMILES string of the molecule is CCc1cc(CC)cc([Si](c2cc(CC)cc(CC)c2)(c2cc(CC)cc(CC)c2)[C]2([Ti+3])C=Cc3ccccc32)c1.[Cl-].[Cl-].[Cl-]. The van der Waals surface area contributed by atoms with E-state index in [2.05, 4.69) is 153 Å². The molecule has 0 saturated carbocycles. The van der Waals surface area contributed by atoms with Gasteiger partial charge in [0.05, 0.1) is 0 Å². The molecule has 230 valence electrons. The van der Waals surface area contributed by atoms with Crippen LogP contribution in [0.4, 0.5) is 0 Å². The molecule has 1 atom stereocenters. The Morgan fingerprint density at radius 1 is 0.500 bits per heavy atom. The van der Waals surface area contributed by atoms with Crippen molar-refractivity contribution in [1.82, 2.24) is 0 Å². The number of fused-ring (bicyclic) bond motifs is 1. The average molecular weight is 696 g/mol. The number of hydrogen-bond donors (Lipinski definition) is 0. The van der Waals surface area contributed by atoms with Crippen molar-refractivity contribution in [2.45, 2.75) is 83.4 Å². The zero-order chi connectivity index (χ0) is 29.2. The topological polar surface area (TPSA) is 0 Å². The molecule has 0 saturated heterocycles. The number of benzene rings is 4. The molecule has 44 heavy (non-hydrogen) atoms. The maximum absolute atomic E-state index is 2.74. The van der Waals surface area contributed by atoms with Crippen LogP contribution in [0.1, 0.15) is 86.1 Å². The Hall–Kier alpha value is -1.58. The molecular formula is C39H45Cl3SiTi. The molecular weight excluding hydrogens is 651 g/mol. The standard InChI is InChI=1S/C39H45Si.3ClH.Ti/c1-7-28-19-29(8-2)23-35(22-28)40(36-24-30(9-3)20-31(10-4)25-36,37-26-32(11-5)21-33(12-6)27-37)39-18-17-34-15-13-14-16-38(34)39;;;;/h13-27H,7-12H2,1-6H3;3*1H;/q;;;;+3/p-3. The summed E-state index contributed by atoms with van der Waals surface area (Å²) in [6, 6.07) is 32.1. The van der Waals surface area contributed by atoms with Crippen LogP contribution < -0.4 is 52.8 Å². The smallest absolute Gasteiger partial charge is 1.00 e. The average Bonchev–Trinajstić information content (AvgIpc) is 3.37. The maximum atomic E-state index is 2.60. The van der Waals surface area contributed by atoms with Gasteiger partial charge in [0.2, 0.25) is 0 Å². The number of halogens is 3. The van der Waals surface area contributed by atoms with E-state index in [1.807, 2.05) is 0 Å². The van der Waals surface area contributed by atoms with Gasteiger partial charge in [0.25, 0.3) is 0 Å². The summed E-state index contributed by atoms with van der Waals surface area (Å²) in [6.45, 7) is 13.9. The Morgan fingerprint density at radius 2 is 0.818 bits per heavy atom. The Bertz CT molecular complexity index is 1390. The predicted octanol–water partition coefficient (Wildman–Crippen LogP) is -1.45. The Morgan fingerprint density at radius 3 is 1.14 bits per heavy atom. The van der Waals surface area contributed by atoms with Gasteiger partial charge in [-0.1, -0.05) is 0 Å². The first-order chi connectivity index (χ1) is 19.9. The van der Waals surface area contributed by atoms with Gasteiger partial charge in [0.15, 0.2) is 0 Å². The number of rotatable bonds is 10. The summed E-state index contributed by atoms with van der Waals surface area (Å²) >= 11 is 2.57. The summed E-state index contributed by atoms with van der Waals surface area (Å²) < 4.78 is -0.143. The maximum Gasteiger partial charge on any atom is -1.00 e. The van der Waals surface area contributed by atoms with Crippen LogP contribution in [0.2, 0.25) is 0 Å². The van der Waals surface area contributed by atoms with Gasteiger partial charge in [-0.3, -0.25) is 0 Å². The van der Waals surface area contributed by atoms with Crippen LogP contribution in [0.15, 0.2) is 84.9 Å². The molecule has 4 aromatic rings. The molecule has 0 aliphatic heterocycles. The second-order valence-electron chi connectivity index (χ2n) is 11.7. The molecule has 5 heteroatoms. The van der Waals surface area contributed by atoms with E-state index < -0.39 is 8.07 Å².